The zero-order chi connectivity index (χ0) is 12.3. The molecule has 1 rings (SSSR count). The lowest BCUT2D eigenvalue weighted by Crippen LogP contribution is -2.14. The van der Waals surface area contributed by atoms with Crippen molar-refractivity contribution < 1.29 is 17.9 Å². The standard InChI is InChI=1S/C9H10N2O4S/c1-14-7-3-6(5-10)4-8(9(7)15-2)16(11,12)13/h3-4H,1-2H3,(H2,11,12,13). The first-order chi connectivity index (χ1) is 7.43. The number of nitrogens with two attached hydrogens (primary N) is 1. The number of methoxy groups -OCH3 is 2. The van der Waals surface area contributed by atoms with E-state index >= 15 is 0 Å². The van der Waals surface area contributed by atoms with E-state index in [0.29, 0.717) is 0 Å². The van der Waals surface area contributed by atoms with Crippen molar-refractivity contribution in [1.82, 2.24) is 0 Å². The number of nitrogens with zero attached hydrogens (tertiary/aromatic N) is 1. The molecule has 0 aliphatic rings. The molecule has 1 aromatic rings. The second-order valence-corrected chi connectivity index (χ2v) is 4.40. The van der Waals surface area contributed by atoms with Crippen LogP contribution in [0.5, 0.6) is 11.5 Å². The quantitative estimate of drug-likeness (QED) is 0.816. The van der Waals surface area contributed by atoms with Gasteiger partial charge in [-0.2, -0.15) is 5.26 Å². The predicted octanol–water partition coefficient (Wildman–Crippen LogP) is 0.223. The smallest absolute Gasteiger partial charge is 0.241 e. The number of primary sulfonamides is 1. The minimum atomic E-state index is -3.97. The van der Waals surface area contributed by atoms with Gasteiger partial charge in [-0.05, 0) is 6.07 Å². The van der Waals surface area contributed by atoms with Gasteiger partial charge in [-0.15, -0.1) is 0 Å². The first-order valence-corrected chi connectivity index (χ1v) is 5.67. The van der Waals surface area contributed by atoms with Crippen molar-refractivity contribution in [3.63, 3.8) is 0 Å². The van der Waals surface area contributed by atoms with Gasteiger partial charge in [-0.3, -0.25) is 0 Å². The topological polar surface area (TPSA) is 102 Å². The summed E-state index contributed by atoms with van der Waals surface area (Å²) in [6.45, 7) is 0. The fourth-order valence-corrected chi connectivity index (χ4v) is 1.94. The predicted molar refractivity (Wildman–Crippen MR) is 55.6 cm³/mol. The number of rotatable bonds is 3. The second kappa shape index (κ2) is 4.38. The Morgan fingerprint density at radius 1 is 1.31 bits per heavy atom. The third kappa shape index (κ3) is 2.24. The Balaban J connectivity index is 3.64. The molecule has 0 saturated heterocycles. The van der Waals surface area contributed by atoms with Crippen LogP contribution < -0.4 is 14.6 Å². The maximum Gasteiger partial charge on any atom is 0.241 e. The van der Waals surface area contributed by atoms with Crippen molar-refractivity contribution in [3.05, 3.63) is 17.7 Å². The van der Waals surface area contributed by atoms with Gasteiger partial charge in [0.1, 0.15) is 4.90 Å². The van der Waals surface area contributed by atoms with Crippen LogP contribution in [0.15, 0.2) is 17.0 Å². The fourth-order valence-electron chi connectivity index (χ4n) is 1.21. The molecule has 0 spiro atoms. The average molecular weight is 242 g/mol. The van der Waals surface area contributed by atoms with Gasteiger partial charge in [0.15, 0.2) is 11.5 Å². The highest BCUT2D eigenvalue weighted by atomic mass is 32.2. The molecule has 0 saturated carbocycles. The van der Waals surface area contributed by atoms with Crippen molar-refractivity contribution in [2.24, 2.45) is 5.14 Å². The highest BCUT2D eigenvalue weighted by Gasteiger charge is 2.20. The Morgan fingerprint density at radius 3 is 2.31 bits per heavy atom. The third-order valence-corrected chi connectivity index (χ3v) is 2.80. The van der Waals surface area contributed by atoms with E-state index in [1.807, 2.05) is 6.07 Å². The van der Waals surface area contributed by atoms with E-state index in [9.17, 15) is 8.42 Å². The number of nitriles is 1. The monoisotopic (exact) mass is 242 g/mol. The highest BCUT2D eigenvalue weighted by Crippen LogP contribution is 2.34. The second-order valence-electron chi connectivity index (χ2n) is 2.87. The Labute approximate surface area is 93.2 Å². The van der Waals surface area contributed by atoms with Crippen LogP contribution >= 0.6 is 0 Å². The molecule has 86 valence electrons. The summed E-state index contributed by atoms with van der Waals surface area (Å²) in [6, 6.07) is 4.31. The van der Waals surface area contributed by atoms with E-state index in [2.05, 4.69) is 0 Å². The van der Waals surface area contributed by atoms with Crippen LogP contribution in [0, 0.1) is 11.3 Å². The Kier molecular flexibility index (Phi) is 3.37. The molecule has 0 bridgehead atoms. The molecule has 0 radical (unpaired) electrons. The van der Waals surface area contributed by atoms with Gasteiger partial charge in [-0.25, -0.2) is 13.6 Å². The van der Waals surface area contributed by atoms with Crippen LogP contribution in [0.1, 0.15) is 5.56 Å². The van der Waals surface area contributed by atoms with Crippen molar-refractivity contribution in [1.29, 1.82) is 5.26 Å². The summed E-state index contributed by atoms with van der Waals surface area (Å²) in [5, 5.41) is 13.7. The first kappa shape index (κ1) is 12.3. The number of hydrogen-bond acceptors (Lipinski definition) is 5. The van der Waals surface area contributed by atoms with Crippen LogP contribution in [0.2, 0.25) is 0 Å². The molecule has 0 aromatic heterocycles. The van der Waals surface area contributed by atoms with E-state index in [4.69, 9.17) is 19.9 Å². The molecular formula is C9H10N2O4S. The molecule has 0 amide bonds. The molecule has 0 heterocycles. The normalized spacial score (nSPS) is 10.6. The molecule has 2 N–H and O–H groups in total. The Morgan fingerprint density at radius 2 is 1.94 bits per heavy atom. The van der Waals surface area contributed by atoms with Gasteiger partial charge in [-0.1, -0.05) is 0 Å². The SMILES string of the molecule is COc1cc(C#N)cc(S(N)(=O)=O)c1OC. The summed E-state index contributed by atoms with van der Waals surface area (Å²) in [4.78, 5) is -0.272. The summed E-state index contributed by atoms with van der Waals surface area (Å²) < 4.78 is 32.4. The minimum absolute atomic E-state index is 0.0102. The summed E-state index contributed by atoms with van der Waals surface area (Å²) in [6.07, 6.45) is 0. The molecule has 0 atom stereocenters. The zero-order valence-corrected chi connectivity index (χ0v) is 9.54. The molecule has 7 heteroatoms. The molecular weight excluding hydrogens is 232 g/mol. The number of sulfonamides is 1. The average Bonchev–Trinajstić information content (AvgIpc) is 2.25. The molecule has 1 aromatic carbocycles. The third-order valence-electron chi connectivity index (χ3n) is 1.88. The van der Waals surface area contributed by atoms with Crippen molar-refractivity contribution >= 4 is 10.0 Å². The maximum atomic E-state index is 11.3. The van der Waals surface area contributed by atoms with Crippen LogP contribution in [0.3, 0.4) is 0 Å². The van der Waals surface area contributed by atoms with Crippen LogP contribution in [0.4, 0.5) is 0 Å². The lowest BCUT2D eigenvalue weighted by molar-refractivity contribution is 0.346. The lowest BCUT2D eigenvalue weighted by atomic mass is 10.2. The number of benzene rings is 1. The molecule has 6 nitrogen and oxygen atoms in total. The first-order valence-electron chi connectivity index (χ1n) is 4.13. The summed E-state index contributed by atoms with van der Waals surface area (Å²) in [5.74, 6) is 0.134. The van der Waals surface area contributed by atoms with Gasteiger partial charge in [0, 0.05) is 6.07 Å². The lowest BCUT2D eigenvalue weighted by Gasteiger charge is -2.11. The maximum absolute atomic E-state index is 11.3. The zero-order valence-electron chi connectivity index (χ0n) is 8.72. The minimum Gasteiger partial charge on any atom is -0.493 e. The summed E-state index contributed by atoms with van der Waals surface area (Å²) >= 11 is 0. The largest absolute Gasteiger partial charge is 0.493 e. The van der Waals surface area contributed by atoms with E-state index in [0.717, 1.165) is 6.07 Å². The molecule has 0 fully saturated rings. The van der Waals surface area contributed by atoms with Gasteiger partial charge in [0.25, 0.3) is 0 Å². The van der Waals surface area contributed by atoms with Crippen LogP contribution in [-0.2, 0) is 10.0 Å². The summed E-state index contributed by atoms with van der Waals surface area (Å²) in [7, 11) is -1.34. The van der Waals surface area contributed by atoms with Gasteiger partial charge >= 0.3 is 0 Å². The van der Waals surface area contributed by atoms with E-state index in [1.54, 1.807) is 0 Å². The van der Waals surface area contributed by atoms with Crippen LogP contribution in [-0.4, -0.2) is 22.6 Å². The Hall–Kier alpha value is -1.78. The summed E-state index contributed by atoms with van der Waals surface area (Å²) in [5.41, 5.74) is 0.127. The number of ether oxygens (including phenoxy) is 2. The van der Waals surface area contributed by atoms with Crippen molar-refractivity contribution in [2.75, 3.05) is 14.2 Å². The van der Waals surface area contributed by atoms with Crippen molar-refractivity contribution in [3.8, 4) is 17.6 Å². The van der Waals surface area contributed by atoms with E-state index in [-0.39, 0.29) is 22.0 Å². The molecule has 16 heavy (non-hydrogen) atoms. The number of hydrogen-bond donors (Lipinski definition) is 1. The van der Waals surface area contributed by atoms with Crippen molar-refractivity contribution in [2.45, 2.75) is 4.90 Å². The highest BCUT2D eigenvalue weighted by molar-refractivity contribution is 7.89. The van der Waals surface area contributed by atoms with Gasteiger partial charge < -0.3 is 9.47 Å². The van der Waals surface area contributed by atoms with Gasteiger partial charge in [0.05, 0.1) is 25.9 Å². The fraction of sp³-hybridized carbons (Fsp3) is 0.222. The van der Waals surface area contributed by atoms with E-state index < -0.39 is 10.0 Å². The molecule has 0 aliphatic carbocycles. The van der Waals surface area contributed by atoms with Gasteiger partial charge in [0.2, 0.25) is 10.0 Å². The van der Waals surface area contributed by atoms with E-state index in [1.165, 1.54) is 20.3 Å². The van der Waals surface area contributed by atoms with Crippen LogP contribution in [0.25, 0.3) is 0 Å². The molecule has 0 aliphatic heterocycles. The molecule has 0 unspecified atom stereocenters. The Bertz CT molecular complexity index is 545.